The van der Waals surface area contributed by atoms with E-state index >= 15 is 0 Å². The van der Waals surface area contributed by atoms with Crippen molar-refractivity contribution in [1.29, 1.82) is 0 Å². The molecule has 7 nitrogen and oxygen atoms in total. The molecule has 2 N–H and O–H groups in total. The van der Waals surface area contributed by atoms with Gasteiger partial charge in [0.25, 0.3) is 0 Å². The number of rotatable bonds is 8. The second-order valence-electron chi connectivity index (χ2n) is 12.3. The maximum absolute atomic E-state index is 12.5. The minimum Gasteiger partial charge on any atom is -0.380 e. The van der Waals surface area contributed by atoms with E-state index in [1.54, 1.807) is 6.20 Å². The molecule has 0 radical (unpaired) electrons. The van der Waals surface area contributed by atoms with Crippen molar-refractivity contribution < 1.29 is 9.90 Å². The highest BCUT2D eigenvalue weighted by atomic mass is 16.3. The van der Waals surface area contributed by atoms with Gasteiger partial charge in [0.15, 0.2) is 0 Å². The van der Waals surface area contributed by atoms with Crippen molar-refractivity contribution in [3.05, 3.63) is 71.2 Å². The van der Waals surface area contributed by atoms with E-state index in [1.165, 1.54) is 5.56 Å². The number of piperidine rings is 1. The molecule has 3 aromatic rings. The summed E-state index contributed by atoms with van der Waals surface area (Å²) < 4.78 is 0. The molecule has 0 saturated carbocycles. The van der Waals surface area contributed by atoms with E-state index in [1.807, 2.05) is 11.1 Å². The zero-order chi connectivity index (χ0) is 27.8. The van der Waals surface area contributed by atoms with Crippen LogP contribution in [0.2, 0.25) is 0 Å². The Morgan fingerprint density at radius 3 is 2.44 bits per heavy atom. The summed E-state index contributed by atoms with van der Waals surface area (Å²) in [6, 6.07) is 12.6. The molecule has 2 aliphatic heterocycles. The molecule has 4 heterocycles. The van der Waals surface area contributed by atoms with Crippen LogP contribution in [0.3, 0.4) is 0 Å². The summed E-state index contributed by atoms with van der Waals surface area (Å²) >= 11 is 0. The van der Waals surface area contributed by atoms with Crippen LogP contribution >= 0.6 is 0 Å². The van der Waals surface area contributed by atoms with Gasteiger partial charge < -0.3 is 14.9 Å². The number of nitrogens with zero attached hydrogens (tertiary/aromatic N) is 4. The zero-order valence-corrected chi connectivity index (χ0v) is 24.1. The van der Waals surface area contributed by atoms with Crippen molar-refractivity contribution >= 4 is 5.91 Å². The van der Waals surface area contributed by atoms with E-state index in [-0.39, 0.29) is 11.3 Å². The Kier molecular flexibility index (Phi) is 7.66. The Bertz CT molecular complexity index is 1290. The van der Waals surface area contributed by atoms with E-state index in [0.717, 1.165) is 73.5 Å². The van der Waals surface area contributed by atoms with E-state index < -0.39 is 5.60 Å². The number of aromatic amines is 1. The number of likely N-dealkylation sites (tertiary alicyclic amines) is 2. The predicted molar refractivity (Wildman–Crippen MR) is 154 cm³/mol. The van der Waals surface area contributed by atoms with Crippen LogP contribution in [0.25, 0.3) is 11.3 Å². The minimum absolute atomic E-state index is 0.266. The normalized spacial score (nSPS) is 19.6. The van der Waals surface area contributed by atoms with Gasteiger partial charge in [0, 0.05) is 73.1 Å². The first-order valence-corrected chi connectivity index (χ1v) is 14.4. The summed E-state index contributed by atoms with van der Waals surface area (Å²) in [5.41, 5.74) is 4.24. The van der Waals surface area contributed by atoms with Crippen LogP contribution in [-0.4, -0.2) is 69.2 Å². The molecule has 1 aromatic carbocycles. The fraction of sp³-hybridized carbons (Fsp3) is 0.531. The number of carbonyl (C=O) groups excluding carboxylic acids is 1. The highest BCUT2D eigenvalue weighted by molar-refractivity contribution is 5.76. The van der Waals surface area contributed by atoms with Crippen LogP contribution in [0.15, 0.2) is 48.8 Å². The summed E-state index contributed by atoms with van der Waals surface area (Å²) in [7, 11) is 2.09. The number of amides is 1. The van der Waals surface area contributed by atoms with Gasteiger partial charge in [-0.05, 0) is 55.5 Å². The molecule has 1 amide bonds. The Labute approximate surface area is 232 Å². The Balaban J connectivity index is 1.41. The van der Waals surface area contributed by atoms with Crippen molar-refractivity contribution in [1.82, 2.24) is 25.0 Å². The number of H-pyrrole nitrogens is 1. The highest BCUT2D eigenvalue weighted by Gasteiger charge is 2.55. The summed E-state index contributed by atoms with van der Waals surface area (Å²) in [6.07, 6.45) is 7.03. The van der Waals surface area contributed by atoms with Crippen LogP contribution in [0.5, 0.6) is 0 Å². The smallest absolute Gasteiger partial charge is 0.222 e. The fourth-order valence-corrected chi connectivity index (χ4v) is 6.63. The number of nitrogens with one attached hydrogen (secondary N) is 1. The van der Waals surface area contributed by atoms with E-state index in [0.29, 0.717) is 18.3 Å². The molecule has 5 rings (SSSR count). The standard InChI is InChI=1S/C32H43N5O2/c1-6-7-30(38)37-14-12-24(13-15-37)28-17-29(35-34-28)25-16-27(19-33-18-25)32(39,31(4)20-36(5)21-31)26-10-8-23(9-11-26)22(2)3/h8-11,16-19,22,24,39H,6-7,12-15,20-21H2,1-5H3,(H,34,35)/t32-/m0/s1. The number of aromatic nitrogens is 3. The lowest BCUT2D eigenvalue weighted by atomic mass is 9.62. The second-order valence-corrected chi connectivity index (χ2v) is 12.3. The topological polar surface area (TPSA) is 85.3 Å². The van der Waals surface area contributed by atoms with Gasteiger partial charge in [0.1, 0.15) is 5.60 Å². The van der Waals surface area contributed by atoms with E-state index in [9.17, 15) is 9.90 Å². The van der Waals surface area contributed by atoms with Gasteiger partial charge in [0.05, 0.1) is 5.69 Å². The largest absolute Gasteiger partial charge is 0.380 e. The van der Waals surface area contributed by atoms with Crippen LogP contribution in [0, 0.1) is 5.41 Å². The van der Waals surface area contributed by atoms with Gasteiger partial charge >= 0.3 is 0 Å². The molecule has 0 bridgehead atoms. The minimum atomic E-state index is -1.19. The molecule has 0 spiro atoms. The quantitative estimate of drug-likeness (QED) is 0.414. The average Bonchev–Trinajstić information content (AvgIpc) is 3.43. The number of pyridine rings is 1. The van der Waals surface area contributed by atoms with Crippen molar-refractivity contribution in [2.24, 2.45) is 5.41 Å². The number of benzene rings is 1. The molecular weight excluding hydrogens is 486 g/mol. The first-order chi connectivity index (χ1) is 18.6. The lowest BCUT2D eigenvalue weighted by Crippen LogP contribution is -2.63. The maximum atomic E-state index is 12.5. The van der Waals surface area contributed by atoms with Crippen molar-refractivity contribution in [2.75, 3.05) is 33.2 Å². The molecule has 7 heteroatoms. The molecule has 39 heavy (non-hydrogen) atoms. The van der Waals surface area contributed by atoms with Gasteiger partial charge in [-0.25, -0.2) is 0 Å². The maximum Gasteiger partial charge on any atom is 0.222 e. The Morgan fingerprint density at radius 1 is 1.13 bits per heavy atom. The summed E-state index contributed by atoms with van der Waals surface area (Å²) in [5.74, 6) is 1.05. The molecule has 0 unspecified atom stereocenters. The number of hydrogen-bond donors (Lipinski definition) is 2. The first kappa shape index (κ1) is 27.5. The second kappa shape index (κ2) is 10.9. The number of hydrogen-bond acceptors (Lipinski definition) is 5. The predicted octanol–water partition coefficient (Wildman–Crippen LogP) is 5.29. The first-order valence-electron chi connectivity index (χ1n) is 14.4. The average molecular weight is 530 g/mol. The van der Waals surface area contributed by atoms with Gasteiger partial charge in [-0.1, -0.05) is 52.0 Å². The van der Waals surface area contributed by atoms with E-state index in [4.69, 9.17) is 0 Å². The highest BCUT2D eigenvalue weighted by Crippen LogP contribution is 2.50. The van der Waals surface area contributed by atoms with Gasteiger partial charge in [0.2, 0.25) is 5.91 Å². The third-order valence-electron chi connectivity index (χ3n) is 8.91. The van der Waals surface area contributed by atoms with Crippen LogP contribution in [-0.2, 0) is 10.4 Å². The van der Waals surface area contributed by atoms with Crippen molar-refractivity contribution in [2.45, 2.75) is 70.8 Å². The van der Waals surface area contributed by atoms with Crippen molar-refractivity contribution in [3.63, 3.8) is 0 Å². The van der Waals surface area contributed by atoms with Crippen LogP contribution < -0.4 is 0 Å². The Morgan fingerprint density at radius 2 is 1.82 bits per heavy atom. The molecule has 0 aliphatic carbocycles. The SMILES string of the molecule is CCCC(=O)N1CCC(c2cc(-c3cncc([C@@](O)(c4ccc(C(C)C)cc4)C4(C)CN(C)C4)c3)n[nH]2)CC1. The monoisotopic (exact) mass is 529 g/mol. The summed E-state index contributed by atoms with van der Waals surface area (Å²) in [4.78, 5) is 21.1. The molecule has 2 saturated heterocycles. The summed E-state index contributed by atoms with van der Waals surface area (Å²) in [5, 5.41) is 20.4. The Hall–Kier alpha value is -3.03. The molecule has 208 valence electrons. The van der Waals surface area contributed by atoms with Crippen molar-refractivity contribution in [3.8, 4) is 11.3 Å². The molecular formula is C32H43N5O2. The third kappa shape index (κ3) is 5.14. The van der Waals surface area contributed by atoms with Crippen LogP contribution in [0.1, 0.15) is 87.6 Å². The van der Waals surface area contributed by atoms with Crippen LogP contribution in [0.4, 0.5) is 0 Å². The molecule has 2 aromatic heterocycles. The number of aliphatic hydroxyl groups is 1. The van der Waals surface area contributed by atoms with Gasteiger partial charge in [-0.15, -0.1) is 0 Å². The summed E-state index contributed by atoms with van der Waals surface area (Å²) in [6.45, 7) is 11.8. The molecule has 2 aliphatic rings. The zero-order valence-electron chi connectivity index (χ0n) is 24.1. The fourth-order valence-electron chi connectivity index (χ4n) is 6.63. The van der Waals surface area contributed by atoms with Gasteiger partial charge in [-0.2, -0.15) is 5.10 Å². The van der Waals surface area contributed by atoms with E-state index in [2.05, 4.69) is 91.2 Å². The lowest BCUT2D eigenvalue weighted by molar-refractivity contribution is -0.132. The number of carbonyl (C=O) groups is 1. The molecule has 1 atom stereocenters. The van der Waals surface area contributed by atoms with Gasteiger partial charge in [-0.3, -0.25) is 14.9 Å². The molecule has 2 fully saturated rings. The third-order valence-corrected chi connectivity index (χ3v) is 8.91. The lowest BCUT2D eigenvalue weighted by Gasteiger charge is -2.55.